The zero-order valence-corrected chi connectivity index (χ0v) is 20.8. The third-order valence-corrected chi connectivity index (χ3v) is 6.50. The molecule has 170 valence electrons. The summed E-state index contributed by atoms with van der Waals surface area (Å²) in [6.45, 7) is 11.5. The molecule has 0 N–H and O–H groups in total. The van der Waals surface area contributed by atoms with Gasteiger partial charge in [0.25, 0.3) is 0 Å². The highest BCUT2D eigenvalue weighted by Gasteiger charge is 2.17. The molecule has 4 nitrogen and oxygen atoms in total. The van der Waals surface area contributed by atoms with Crippen LogP contribution in [0.5, 0.6) is 5.75 Å². The van der Waals surface area contributed by atoms with Crippen LogP contribution in [0.25, 0.3) is 17.1 Å². The Labute approximate surface area is 201 Å². The van der Waals surface area contributed by atoms with Crippen LogP contribution < -0.4 is 4.74 Å². The topological polar surface area (TPSA) is 39.9 Å². The molecule has 0 aliphatic heterocycles. The molecule has 5 heteroatoms. The lowest BCUT2D eigenvalue weighted by molar-refractivity contribution is 0.340. The van der Waals surface area contributed by atoms with E-state index in [1.165, 1.54) is 16.7 Å². The van der Waals surface area contributed by atoms with E-state index in [9.17, 15) is 0 Å². The van der Waals surface area contributed by atoms with Gasteiger partial charge in [-0.25, -0.2) is 0 Å². The Morgan fingerprint density at radius 2 is 1.64 bits per heavy atom. The Morgan fingerprint density at radius 1 is 0.909 bits per heavy atom. The molecular formula is C28H31N3OS. The van der Waals surface area contributed by atoms with E-state index in [2.05, 4.69) is 103 Å². The van der Waals surface area contributed by atoms with Crippen LogP contribution >= 0.6 is 11.8 Å². The summed E-state index contributed by atoms with van der Waals surface area (Å²) in [5.74, 6) is 2.53. The predicted octanol–water partition coefficient (Wildman–Crippen LogP) is 7.23. The lowest BCUT2D eigenvalue weighted by atomic mass is 9.87. The van der Waals surface area contributed by atoms with Crippen molar-refractivity contribution in [3.63, 3.8) is 0 Å². The molecule has 0 saturated heterocycles. The molecule has 0 fully saturated rings. The lowest BCUT2D eigenvalue weighted by Gasteiger charge is -2.19. The molecule has 4 rings (SSSR count). The van der Waals surface area contributed by atoms with Gasteiger partial charge in [-0.2, -0.15) is 0 Å². The van der Waals surface area contributed by atoms with Gasteiger partial charge in [0.05, 0.1) is 6.61 Å². The van der Waals surface area contributed by atoms with Crippen molar-refractivity contribution in [2.24, 2.45) is 0 Å². The van der Waals surface area contributed by atoms with E-state index in [1.807, 2.05) is 19.1 Å². The number of nitrogens with zero attached hydrogens (tertiary/aromatic N) is 3. The van der Waals surface area contributed by atoms with Crippen molar-refractivity contribution in [2.45, 2.75) is 50.9 Å². The van der Waals surface area contributed by atoms with Crippen LogP contribution in [0.3, 0.4) is 0 Å². The summed E-state index contributed by atoms with van der Waals surface area (Å²) < 4.78 is 7.77. The van der Waals surface area contributed by atoms with Crippen molar-refractivity contribution in [1.29, 1.82) is 0 Å². The smallest absolute Gasteiger partial charge is 0.196 e. The van der Waals surface area contributed by atoms with Crippen molar-refractivity contribution in [1.82, 2.24) is 14.8 Å². The largest absolute Gasteiger partial charge is 0.494 e. The predicted molar refractivity (Wildman–Crippen MR) is 137 cm³/mol. The number of thioether (sulfide) groups is 1. The van der Waals surface area contributed by atoms with E-state index in [0.717, 1.165) is 33.7 Å². The average molecular weight is 458 g/mol. The summed E-state index contributed by atoms with van der Waals surface area (Å²) in [6.07, 6.45) is 0. The third kappa shape index (κ3) is 5.48. The van der Waals surface area contributed by atoms with Gasteiger partial charge in [0, 0.05) is 17.0 Å². The summed E-state index contributed by atoms with van der Waals surface area (Å²) in [5.41, 5.74) is 6.04. The monoisotopic (exact) mass is 457 g/mol. The quantitative estimate of drug-likeness (QED) is 0.274. The Hall–Kier alpha value is -3.05. The fraction of sp³-hybridized carbons (Fsp3) is 0.286. The first kappa shape index (κ1) is 23.1. The fourth-order valence-corrected chi connectivity index (χ4v) is 4.58. The fourth-order valence-electron chi connectivity index (χ4n) is 3.67. The molecule has 1 heterocycles. The number of hydrogen-bond acceptors (Lipinski definition) is 4. The van der Waals surface area contributed by atoms with Gasteiger partial charge in [0.2, 0.25) is 0 Å². The number of aromatic nitrogens is 3. The maximum atomic E-state index is 5.63. The molecule has 0 atom stereocenters. The highest BCUT2D eigenvalue weighted by atomic mass is 32.2. The average Bonchev–Trinajstić information content (AvgIpc) is 3.22. The lowest BCUT2D eigenvalue weighted by Crippen LogP contribution is -2.10. The van der Waals surface area contributed by atoms with Crippen LogP contribution in [0.4, 0.5) is 0 Å². The highest BCUT2D eigenvalue weighted by Crippen LogP contribution is 2.31. The second-order valence-corrected chi connectivity index (χ2v) is 10.1. The minimum absolute atomic E-state index is 0.155. The second kappa shape index (κ2) is 9.84. The van der Waals surface area contributed by atoms with Gasteiger partial charge in [-0.15, -0.1) is 10.2 Å². The minimum Gasteiger partial charge on any atom is -0.494 e. The van der Waals surface area contributed by atoms with Crippen LogP contribution in [0.1, 0.15) is 44.4 Å². The van der Waals surface area contributed by atoms with E-state index < -0.39 is 0 Å². The minimum atomic E-state index is 0.155. The van der Waals surface area contributed by atoms with Gasteiger partial charge < -0.3 is 4.74 Å². The normalized spacial score (nSPS) is 11.5. The zero-order chi connectivity index (χ0) is 23.4. The second-order valence-electron chi connectivity index (χ2n) is 9.17. The van der Waals surface area contributed by atoms with Gasteiger partial charge in [0.1, 0.15) is 5.75 Å². The van der Waals surface area contributed by atoms with E-state index in [4.69, 9.17) is 4.74 Å². The number of rotatable bonds is 7. The van der Waals surface area contributed by atoms with E-state index >= 15 is 0 Å². The van der Waals surface area contributed by atoms with Gasteiger partial charge >= 0.3 is 0 Å². The summed E-state index contributed by atoms with van der Waals surface area (Å²) in [5, 5.41) is 10.0. The number of hydrogen-bond donors (Lipinski definition) is 0. The SMILES string of the molecule is CCOc1ccc(-n2c(SCc3ccc(C(C)(C)C)cc3)nnc2-c2cccc(C)c2)cc1. The van der Waals surface area contributed by atoms with Crippen LogP contribution in [0, 0.1) is 6.92 Å². The first-order valence-corrected chi connectivity index (χ1v) is 12.3. The van der Waals surface area contributed by atoms with Crippen molar-refractivity contribution in [3.8, 4) is 22.8 Å². The van der Waals surface area contributed by atoms with Crippen LogP contribution in [-0.2, 0) is 11.2 Å². The van der Waals surface area contributed by atoms with Crippen molar-refractivity contribution in [2.75, 3.05) is 6.61 Å². The van der Waals surface area contributed by atoms with Crippen molar-refractivity contribution < 1.29 is 4.74 Å². The van der Waals surface area contributed by atoms with Gasteiger partial charge in [-0.3, -0.25) is 4.57 Å². The molecular weight excluding hydrogens is 426 g/mol. The Balaban J connectivity index is 1.66. The zero-order valence-electron chi connectivity index (χ0n) is 20.0. The standard InChI is InChI=1S/C28H31N3OS/c1-6-32-25-16-14-24(15-17-25)31-26(22-9-7-8-20(2)18-22)29-30-27(31)33-19-21-10-12-23(13-11-21)28(3,4)5/h7-18H,6,19H2,1-5H3. The van der Waals surface area contributed by atoms with Gasteiger partial charge in [-0.1, -0.05) is 80.6 Å². The Bertz CT molecular complexity index is 1210. The van der Waals surface area contributed by atoms with E-state index in [0.29, 0.717) is 6.61 Å². The number of benzene rings is 3. The number of ether oxygens (including phenoxy) is 1. The highest BCUT2D eigenvalue weighted by molar-refractivity contribution is 7.98. The maximum Gasteiger partial charge on any atom is 0.196 e. The molecule has 1 aromatic heterocycles. The summed E-state index contributed by atoms with van der Waals surface area (Å²) in [6, 6.07) is 25.4. The van der Waals surface area contributed by atoms with Gasteiger partial charge in [0.15, 0.2) is 11.0 Å². The Kier molecular flexibility index (Phi) is 6.89. The van der Waals surface area contributed by atoms with Crippen molar-refractivity contribution >= 4 is 11.8 Å². The van der Waals surface area contributed by atoms with Crippen molar-refractivity contribution in [3.05, 3.63) is 89.5 Å². The number of aryl methyl sites for hydroxylation is 1. The summed E-state index contributed by atoms with van der Waals surface area (Å²) in [7, 11) is 0. The molecule has 0 unspecified atom stereocenters. The van der Waals surface area contributed by atoms with Crippen LogP contribution in [0.2, 0.25) is 0 Å². The van der Waals surface area contributed by atoms with Crippen LogP contribution in [-0.4, -0.2) is 21.4 Å². The van der Waals surface area contributed by atoms with Crippen LogP contribution in [0.15, 0.2) is 78.0 Å². The molecule has 0 spiro atoms. The first-order valence-electron chi connectivity index (χ1n) is 11.3. The molecule has 0 radical (unpaired) electrons. The summed E-state index contributed by atoms with van der Waals surface area (Å²) >= 11 is 1.70. The Morgan fingerprint density at radius 3 is 2.27 bits per heavy atom. The van der Waals surface area contributed by atoms with E-state index in [-0.39, 0.29) is 5.41 Å². The molecule has 33 heavy (non-hydrogen) atoms. The van der Waals surface area contributed by atoms with E-state index in [1.54, 1.807) is 11.8 Å². The molecule has 0 amide bonds. The molecule has 0 aliphatic carbocycles. The van der Waals surface area contributed by atoms with Gasteiger partial charge in [-0.05, 0) is 60.7 Å². The molecule has 4 aromatic rings. The molecule has 0 aliphatic rings. The third-order valence-electron chi connectivity index (χ3n) is 5.50. The first-order chi connectivity index (χ1) is 15.8. The molecule has 0 saturated carbocycles. The summed E-state index contributed by atoms with van der Waals surface area (Å²) in [4.78, 5) is 0. The molecule has 0 bridgehead atoms. The maximum absolute atomic E-state index is 5.63. The molecule has 3 aromatic carbocycles.